The number of sulfonamides is 1. The third-order valence-corrected chi connectivity index (χ3v) is 7.99. The summed E-state index contributed by atoms with van der Waals surface area (Å²) in [5.41, 5.74) is 0.911. The number of anilines is 2. The number of benzene rings is 2. The Bertz CT molecular complexity index is 1470. The van der Waals surface area contributed by atoms with E-state index in [9.17, 15) is 27.5 Å². The van der Waals surface area contributed by atoms with Crippen LogP contribution in [0.2, 0.25) is 0 Å². The predicted octanol–water partition coefficient (Wildman–Crippen LogP) is 4.31. The highest BCUT2D eigenvalue weighted by atomic mass is 32.2. The van der Waals surface area contributed by atoms with E-state index in [1.807, 2.05) is 0 Å². The van der Waals surface area contributed by atoms with Gasteiger partial charge in [0.2, 0.25) is 0 Å². The molecule has 1 amide bonds. The second-order valence-corrected chi connectivity index (χ2v) is 10.7. The standard InChI is InChI=1S/C22H16FN3O6S3/c23-14-5-3-13(4-6-14)17-12-34-22(24-17)25-19(28)11-32-21(29)16-10-15(7-8-18(16)27)26-35(30,31)20-2-1-9-33-20/h1-10,12,26-27H,11H2,(H,24,25,28). The van der Waals surface area contributed by atoms with Gasteiger partial charge in [0.15, 0.2) is 11.7 Å². The van der Waals surface area contributed by atoms with E-state index in [1.165, 1.54) is 24.3 Å². The van der Waals surface area contributed by atoms with Gasteiger partial charge in [-0.25, -0.2) is 22.6 Å². The number of rotatable bonds is 8. The SMILES string of the molecule is O=C(COC(=O)c1cc(NS(=O)(=O)c2cccs2)ccc1O)Nc1nc(-c2ccc(F)cc2)cs1. The van der Waals surface area contributed by atoms with E-state index in [2.05, 4.69) is 15.0 Å². The summed E-state index contributed by atoms with van der Waals surface area (Å²) in [6, 6.07) is 12.2. The highest BCUT2D eigenvalue weighted by Crippen LogP contribution is 2.27. The Labute approximate surface area is 206 Å². The molecule has 0 saturated heterocycles. The highest BCUT2D eigenvalue weighted by Gasteiger charge is 2.19. The molecule has 0 unspecified atom stereocenters. The van der Waals surface area contributed by atoms with Crippen LogP contribution in [0.1, 0.15) is 10.4 Å². The van der Waals surface area contributed by atoms with Crippen LogP contribution in [0.5, 0.6) is 5.75 Å². The third kappa shape index (κ3) is 6.01. The Hall–Kier alpha value is -3.81. The minimum Gasteiger partial charge on any atom is -0.507 e. The topological polar surface area (TPSA) is 135 Å². The van der Waals surface area contributed by atoms with Crippen molar-refractivity contribution in [1.29, 1.82) is 0 Å². The molecule has 0 radical (unpaired) electrons. The Balaban J connectivity index is 1.36. The number of thiophene rings is 1. The molecule has 0 saturated carbocycles. The number of thiazole rings is 1. The van der Waals surface area contributed by atoms with Gasteiger partial charge in [0.1, 0.15) is 21.3 Å². The van der Waals surface area contributed by atoms with Crippen LogP contribution in [0, 0.1) is 5.82 Å². The van der Waals surface area contributed by atoms with Crippen LogP contribution in [-0.2, 0) is 19.6 Å². The molecule has 0 fully saturated rings. The molecular weight excluding hydrogens is 517 g/mol. The molecule has 4 aromatic rings. The largest absolute Gasteiger partial charge is 0.507 e. The van der Waals surface area contributed by atoms with Crippen molar-refractivity contribution in [1.82, 2.24) is 4.98 Å². The van der Waals surface area contributed by atoms with E-state index in [-0.39, 0.29) is 26.4 Å². The number of esters is 1. The Morgan fingerprint density at radius 1 is 1.09 bits per heavy atom. The maximum absolute atomic E-state index is 13.1. The van der Waals surface area contributed by atoms with E-state index in [0.29, 0.717) is 11.3 Å². The molecule has 13 heteroatoms. The number of halogens is 1. The number of hydrogen-bond acceptors (Lipinski definition) is 9. The fourth-order valence-electron chi connectivity index (χ4n) is 2.83. The summed E-state index contributed by atoms with van der Waals surface area (Å²) in [6.07, 6.45) is 0. The van der Waals surface area contributed by atoms with Crippen LogP contribution in [0.15, 0.2) is 69.6 Å². The third-order valence-electron chi connectivity index (χ3n) is 4.45. The molecule has 4 rings (SSSR count). The van der Waals surface area contributed by atoms with Crippen LogP contribution in [0.3, 0.4) is 0 Å². The number of nitrogens with one attached hydrogen (secondary N) is 2. The molecule has 0 aliphatic carbocycles. The fraction of sp³-hybridized carbons (Fsp3) is 0.0455. The summed E-state index contributed by atoms with van der Waals surface area (Å²) in [5, 5.41) is 16.0. The van der Waals surface area contributed by atoms with E-state index < -0.39 is 34.3 Å². The van der Waals surface area contributed by atoms with Crippen molar-refractivity contribution < 1.29 is 32.2 Å². The number of phenols is 1. The van der Waals surface area contributed by atoms with Gasteiger partial charge in [-0.1, -0.05) is 6.07 Å². The zero-order valence-electron chi connectivity index (χ0n) is 17.6. The molecular formula is C22H16FN3O6S3. The summed E-state index contributed by atoms with van der Waals surface area (Å²) in [4.78, 5) is 28.8. The number of nitrogens with zero attached hydrogens (tertiary/aromatic N) is 1. The van der Waals surface area contributed by atoms with Crippen molar-refractivity contribution in [2.45, 2.75) is 4.21 Å². The van der Waals surface area contributed by atoms with E-state index in [4.69, 9.17) is 4.74 Å². The molecule has 3 N–H and O–H groups in total. The zero-order chi connectivity index (χ0) is 25.0. The van der Waals surface area contributed by atoms with Gasteiger partial charge < -0.3 is 9.84 Å². The van der Waals surface area contributed by atoms with Gasteiger partial charge in [-0.3, -0.25) is 14.8 Å². The molecule has 0 spiro atoms. The van der Waals surface area contributed by atoms with Crippen molar-refractivity contribution in [3.8, 4) is 17.0 Å². The average Bonchev–Trinajstić information content (AvgIpc) is 3.52. The molecule has 0 aliphatic rings. The highest BCUT2D eigenvalue weighted by molar-refractivity contribution is 7.94. The molecule has 180 valence electrons. The molecule has 9 nitrogen and oxygen atoms in total. The summed E-state index contributed by atoms with van der Waals surface area (Å²) >= 11 is 2.15. The maximum Gasteiger partial charge on any atom is 0.342 e. The normalized spacial score (nSPS) is 11.1. The number of amides is 1. The lowest BCUT2D eigenvalue weighted by atomic mass is 10.2. The van der Waals surface area contributed by atoms with Crippen molar-refractivity contribution in [2.24, 2.45) is 0 Å². The number of aromatic nitrogens is 1. The predicted molar refractivity (Wildman–Crippen MR) is 130 cm³/mol. The number of carbonyl (C=O) groups excluding carboxylic acids is 2. The lowest BCUT2D eigenvalue weighted by Gasteiger charge is -2.10. The average molecular weight is 534 g/mol. The first-order valence-corrected chi connectivity index (χ1v) is 13.0. The molecule has 2 heterocycles. The molecule has 0 bridgehead atoms. The second kappa shape index (κ2) is 10.2. The van der Waals surface area contributed by atoms with E-state index in [0.717, 1.165) is 34.8 Å². The first-order valence-electron chi connectivity index (χ1n) is 9.79. The van der Waals surface area contributed by atoms with Crippen LogP contribution in [-0.4, -0.2) is 37.0 Å². The Kier molecular flexibility index (Phi) is 7.10. The van der Waals surface area contributed by atoms with Crippen LogP contribution in [0.25, 0.3) is 11.3 Å². The monoisotopic (exact) mass is 533 g/mol. The van der Waals surface area contributed by atoms with Crippen molar-refractivity contribution >= 4 is 55.4 Å². The summed E-state index contributed by atoms with van der Waals surface area (Å²) in [7, 11) is -3.86. The summed E-state index contributed by atoms with van der Waals surface area (Å²) < 4.78 is 45.2. The number of aromatic hydroxyl groups is 1. The van der Waals surface area contributed by atoms with Crippen molar-refractivity contribution in [2.75, 3.05) is 16.6 Å². The van der Waals surface area contributed by atoms with Gasteiger partial charge >= 0.3 is 5.97 Å². The van der Waals surface area contributed by atoms with Crippen LogP contribution < -0.4 is 10.0 Å². The number of phenolic OH excluding ortho intramolecular Hbond substituents is 1. The first kappa shape index (κ1) is 24.3. The summed E-state index contributed by atoms with van der Waals surface area (Å²) in [5.74, 6) is -2.53. The fourth-order valence-corrected chi connectivity index (χ4v) is 5.61. The van der Waals surface area contributed by atoms with Gasteiger partial charge in [-0.2, -0.15) is 0 Å². The van der Waals surface area contributed by atoms with Gasteiger partial charge in [0.05, 0.1) is 5.69 Å². The van der Waals surface area contributed by atoms with Crippen LogP contribution in [0.4, 0.5) is 15.2 Å². The number of ether oxygens (including phenoxy) is 1. The van der Waals surface area contributed by atoms with Crippen molar-refractivity contribution in [3.05, 3.63) is 76.7 Å². The zero-order valence-corrected chi connectivity index (χ0v) is 20.0. The Morgan fingerprint density at radius 2 is 1.86 bits per heavy atom. The number of carbonyl (C=O) groups is 2. The minimum absolute atomic E-state index is 0.0312. The second-order valence-electron chi connectivity index (χ2n) is 6.94. The quantitative estimate of drug-likeness (QED) is 0.227. The molecule has 2 aromatic carbocycles. The van der Waals surface area contributed by atoms with Gasteiger partial charge in [0, 0.05) is 16.6 Å². The summed E-state index contributed by atoms with van der Waals surface area (Å²) in [6.45, 7) is -0.672. The lowest BCUT2D eigenvalue weighted by molar-refractivity contribution is -0.119. The number of hydrogen-bond donors (Lipinski definition) is 3. The van der Waals surface area contributed by atoms with E-state index in [1.54, 1.807) is 29.0 Å². The molecule has 0 atom stereocenters. The van der Waals surface area contributed by atoms with E-state index >= 15 is 0 Å². The molecule has 2 aromatic heterocycles. The van der Waals surface area contributed by atoms with Gasteiger partial charge in [-0.05, 0) is 53.9 Å². The Morgan fingerprint density at radius 3 is 2.57 bits per heavy atom. The maximum atomic E-state index is 13.1. The van der Waals surface area contributed by atoms with Gasteiger partial charge in [-0.15, -0.1) is 22.7 Å². The lowest BCUT2D eigenvalue weighted by Crippen LogP contribution is -2.21. The first-order chi connectivity index (χ1) is 16.7. The van der Waals surface area contributed by atoms with Crippen molar-refractivity contribution in [3.63, 3.8) is 0 Å². The minimum atomic E-state index is -3.86. The molecule has 35 heavy (non-hydrogen) atoms. The smallest absolute Gasteiger partial charge is 0.342 e. The van der Waals surface area contributed by atoms with Crippen LogP contribution >= 0.6 is 22.7 Å². The van der Waals surface area contributed by atoms with Gasteiger partial charge in [0.25, 0.3) is 15.9 Å². The molecule has 0 aliphatic heterocycles.